The molecule has 1 saturated carbocycles. The molecule has 0 atom stereocenters. The lowest BCUT2D eigenvalue weighted by Crippen LogP contribution is -2.37. The van der Waals surface area contributed by atoms with Crippen molar-refractivity contribution in [3.8, 4) is 0 Å². The van der Waals surface area contributed by atoms with Gasteiger partial charge in [-0.05, 0) is 24.0 Å². The first-order valence-electron chi connectivity index (χ1n) is 6.47. The van der Waals surface area contributed by atoms with Gasteiger partial charge in [-0.2, -0.15) is 0 Å². The van der Waals surface area contributed by atoms with Crippen LogP contribution in [0.1, 0.15) is 24.8 Å². The second kappa shape index (κ2) is 6.64. The van der Waals surface area contributed by atoms with Gasteiger partial charge in [0, 0.05) is 25.2 Å². The van der Waals surface area contributed by atoms with E-state index in [1.807, 2.05) is 24.3 Å². The average Bonchev–Trinajstić information content (AvgIpc) is 3.19. The van der Waals surface area contributed by atoms with Gasteiger partial charge in [0.1, 0.15) is 0 Å². The van der Waals surface area contributed by atoms with E-state index in [4.69, 9.17) is 11.6 Å². The van der Waals surface area contributed by atoms with Crippen molar-refractivity contribution in [2.24, 2.45) is 10.9 Å². The van der Waals surface area contributed by atoms with E-state index in [9.17, 15) is 0 Å². The fourth-order valence-electron chi connectivity index (χ4n) is 1.84. The molecule has 0 aliphatic heterocycles. The van der Waals surface area contributed by atoms with Crippen LogP contribution < -0.4 is 10.6 Å². The molecule has 98 valence electrons. The molecule has 18 heavy (non-hydrogen) atoms. The van der Waals surface area contributed by atoms with Crippen molar-refractivity contribution in [3.63, 3.8) is 0 Å². The van der Waals surface area contributed by atoms with Gasteiger partial charge in [-0.15, -0.1) is 0 Å². The smallest absolute Gasteiger partial charge is 0.191 e. The highest BCUT2D eigenvalue weighted by atomic mass is 35.5. The van der Waals surface area contributed by atoms with Crippen LogP contribution in [0, 0.1) is 5.92 Å². The Kier molecular flexibility index (Phi) is 4.88. The number of benzene rings is 1. The second-order valence-electron chi connectivity index (χ2n) is 4.68. The Balaban J connectivity index is 1.74. The quantitative estimate of drug-likeness (QED) is 0.635. The van der Waals surface area contributed by atoms with E-state index < -0.39 is 0 Å². The number of rotatable bonds is 5. The van der Waals surface area contributed by atoms with Gasteiger partial charge in [0.05, 0.1) is 0 Å². The molecule has 0 bridgehead atoms. The summed E-state index contributed by atoms with van der Waals surface area (Å²) in [7, 11) is 1.79. The van der Waals surface area contributed by atoms with E-state index in [1.54, 1.807) is 7.05 Å². The monoisotopic (exact) mass is 265 g/mol. The Bertz CT molecular complexity index is 413. The fourth-order valence-corrected chi connectivity index (χ4v) is 2.05. The van der Waals surface area contributed by atoms with Crippen LogP contribution in [0.15, 0.2) is 29.3 Å². The maximum Gasteiger partial charge on any atom is 0.191 e. The molecule has 2 rings (SSSR count). The van der Waals surface area contributed by atoms with Crippen LogP contribution in [-0.2, 0) is 6.54 Å². The Hall–Kier alpha value is -1.22. The van der Waals surface area contributed by atoms with E-state index in [2.05, 4.69) is 15.6 Å². The Morgan fingerprint density at radius 2 is 2.11 bits per heavy atom. The SMILES string of the molecule is CN=C(NCCC1CC1)NCc1ccccc1Cl. The molecule has 1 aliphatic rings. The van der Waals surface area contributed by atoms with Crippen LogP contribution >= 0.6 is 11.6 Å². The first kappa shape index (κ1) is 13.2. The number of halogens is 1. The molecule has 2 N–H and O–H groups in total. The van der Waals surface area contributed by atoms with E-state index in [-0.39, 0.29) is 0 Å². The summed E-state index contributed by atoms with van der Waals surface area (Å²) in [5.74, 6) is 1.79. The molecule has 0 radical (unpaired) electrons. The minimum Gasteiger partial charge on any atom is -0.356 e. The second-order valence-corrected chi connectivity index (χ2v) is 5.08. The van der Waals surface area contributed by atoms with Crippen LogP contribution in [0.2, 0.25) is 5.02 Å². The van der Waals surface area contributed by atoms with Gasteiger partial charge >= 0.3 is 0 Å². The molecular weight excluding hydrogens is 246 g/mol. The summed E-state index contributed by atoms with van der Waals surface area (Å²) >= 11 is 6.10. The van der Waals surface area contributed by atoms with Crippen molar-refractivity contribution in [2.45, 2.75) is 25.8 Å². The van der Waals surface area contributed by atoms with Crippen molar-refractivity contribution in [2.75, 3.05) is 13.6 Å². The third kappa shape index (κ3) is 4.22. The summed E-state index contributed by atoms with van der Waals surface area (Å²) in [4.78, 5) is 4.20. The van der Waals surface area contributed by atoms with Gasteiger partial charge in [-0.3, -0.25) is 4.99 Å². The highest BCUT2D eigenvalue weighted by molar-refractivity contribution is 6.31. The van der Waals surface area contributed by atoms with Crippen LogP contribution in [-0.4, -0.2) is 19.6 Å². The first-order chi connectivity index (χ1) is 8.79. The predicted molar refractivity (Wildman–Crippen MR) is 77.0 cm³/mol. The van der Waals surface area contributed by atoms with Crippen molar-refractivity contribution < 1.29 is 0 Å². The summed E-state index contributed by atoms with van der Waals surface area (Å²) in [6.07, 6.45) is 4.04. The lowest BCUT2D eigenvalue weighted by atomic mass is 10.2. The lowest BCUT2D eigenvalue weighted by Gasteiger charge is -2.12. The van der Waals surface area contributed by atoms with E-state index >= 15 is 0 Å². The number of hydrogen-bond acceptors (Lipinski definition) is 1. The van der Waals surface area contributed by atoms with Crippen molar-refractivity contribution >= 4 is 17.6 Å². The Morgan fingerprint density at radius 1 is 1.33 bits per heavy atom. The molecule has 0 spiro atoms. The standard InChI is InChI=1S/C14H20ClN3/c1-16-14(17-9-8-11-6-7-11)18-10-12-4-2-3-5-13(12)15/h2-5,11H,6-10H2,1H3,(H2,16,17,18). The van der Waals surface area contributed by atoms with Crippen LogP contribution in [0.4, 0.5) is 0 Å². The molecule has 0 heterocycles. The van der Waals surface area contributed by atoms with Gasteiger partial charge in [-0.25, -0.2) is 0 Å². The molecule has 0 saturated heterocycles. The predicted octanol–water partition coefficient (Wildman–Crippen LogP) is 2.81. The molecule has 0 amide bonds. The third-order valence-corrected chi connectivity index (χ3v) is 3.54. The van der Waals surface area contributed by atoms with Crippen LogP contribution in [0.3, 0.4) is 0 Å². The number of guanidine groups is 1. The molecule has 4 heteroatoms. The number of nitrogens with one attached hydrogen (secondary N) is 2. The normalized spacial score (nSPS) is 15.6. The number of nitrogens with zero attached hydrogens (tertiary/aromatic N) is 1. The molecular formula is C14H20ClN3. The molecule has 0 aromatic heterocycles. The maximum absolute atomic E-state index is 6.10. The van der Waals surface area contributed by atoms with Gasteiger partial charge in [-0.1, -0.05) is 42.6 Å². The van der Waals surface area contributed by atoms with Crippen molar-refractivity contribution in [1.82, 2.24) is 10.6 Å². The number of aliphatic imine (C=N–C) groups is 1. The van der Waals surface area contributed by atoms with E-state index in [0.29, 0.717) is 6.54 Å². The zero-order chi connectivity index (χ0) is 12.8. The van der Waals surface area contributed by atoms with Crippen LogP contribution in [0.5, 0.6) is 0 Å². The average molecular weight is 266 g/mol. The third-order valence-electron chi connectivity index (χ3n) is 3.17. The minimum absolute atomic E-state index is 0.697. The summed E-state index contributed by atoms with van der Waals surface area (Å²) < 4.78 is 0. The largest absolute Gasteiger partial charge is 0.356 e. The Morgan fingerprint density at radius 3 is 2.78 bits per heavy atom. The zero-order valence-electron chi connectivity index (χ0n) is 10.7. The summed E-state index contributed by atoms with van der Waals surface area (Å²) in [5.41, 5.74) is 1.09. The molecule has 1 aromatic carbocycles. The van der Waals surface area contributed by atoms with Gasteiger partial charge in [0.15, 0.2) is 5.96 Å². The topological polar surface area (TPSA) is 36.4 Å². The first-order valence-corrected chi connectivity index (χ1v) is 6.85. The van der Waals surface area contributed by atoms with Gasteiger partial charge in [0.25, 0.3) is 0 Å². The summed E-state index contributed by atoms with van der Waals surface area (Å²) in [6, 6.07) is 7.86. The van der Waals surface area contributed by atoms with Crippen LogP contribution in [0.25, 0.3) is 0 Å². The van der Waals surface area contributed by atoms with Gasteiger partial charge < -0.3 is 10.6 Å². The van der Waals surface area contributed by atoms with Crippen molar-refractivity contribution in [1.29, 1.82) is 0 Å². The van der Waals surface area contributed by atoms with Crippen molar-refractivity contribution in [3.05, 3.63) is 34.9 Å². The zero-order valence-corrected chi connectivity index (χ0v) is 11.5. The van der Waals surface area contributed by atoms with E-state index in [0.717, 1.165) is 29.0 Å². The fraction of sp³-hybridized carbons (Fsp3) is 0.500. The van der Waals surface area contributed by atoms with E-state index in [1.165, 1.54) is 19.3 Å². The molecule has 1 aromatic rings. The highest BCUT2D eigenvalue weighted by Gasteiger charge is 2.20. The highest BCUT2D eigenvalue weighted by Crippen LogP contribution is 2.31. The number of hydrogen-bond donors (Lipinski definition) is 2. The molecule has 0 unspecified atom stereocenters. The minimum atomic E-state index is 0.697. The summed E-state index contributed by atoms with van der Waals surface area (Å²) in [5, 5.41) is 7.39. The Labute approximate surface area is 114 Å². The lowest BCUT2D eigenvalue weighted by molar-refractivity contribution is 0.684. The summed E-state index contributed by atoms with van der Waals surface area (Å²) in [6.45, 7) is 1.69. The van der Waals surface area contributed by atoms with Gasteiger partial charge in [0.2, 0.25) is 0 Å². The molecule has 1 fully saturated rings. The molecule has 3 nitrogen and oxygen atoms in total. The molecule has 1 aliphatic carbocycles. The maximum atomic E-state index is 6.10.